The zero-order chi connectivity index (χ0) is 15.4. The molecule has 0 N–H and O–H groups in total. The van der Waals surface area contributed by atoms with Gasteiger partial charge in [0.2, 0.25) is 0 Å². The zero-order valence-corrected chi connectivity index (χ0v) is 12.0. The number of ether oxygens (including phenoxy) is 1. The Labute approximate surface area is 121 Å². The molecular formula is C15H16N2O4. The first-order valence-electron chi connectivity index (χ1n) is 6.60. The van der Waals surface area contributed by atoms with Crippen LogP contribution in [0.3, 0.4) is 0 Å². The first-order valence-corrected chi connectivity index (χ1v) is 6.60. The molecule has 0 aliphatic rings. The topological polar surface area (TPSA) is 77.7 Å². The van der Waals surface area contributed by atoms with Crippen LogP contribution in [0.1, 0.15) is 31.0 Å². The largest absolute Gasteiger partial charge is 0.459 e. The lowest BCUT2D eigenvalue weighted by Crippen LogP contribution is -2.17. The average Bonchev–Trinajstić information content (AvgIpc) is 2.43. The number of aromatic nitrogens is 2. The molecule has 0 aliphatic carbocycles. The third-order valence-corrected chi connectivity index (χ3v) is 2.92. The van der Waals surface area contributed by atoms with Gasteiger partial charge in [0, 0.05) is 18.7 Å². The molecule has 0 saturated heterocycles. The quantitative estimate of drug-likeness (QED) is 0.777. The number of hydrogen-bond donors (Lipinski definition) is 0. The summed E-state index contributed by atoms with van der Waals surface area (Å²) < 4.78 is 6.45. The van der Waals surface area contributed by atoms with Crippen molar-refractivity contribution in [3.05, 3.63) is 46.0 Å². The maximum Gasteiger partial charge on any atom is 0.306 e. The minimum atomic E-state index is -0.476. The van der Waals surface area contributed by atoms with Gasteiger partial charge in [-0.25, -0.2) is 4.98 Å². The molecule has 2 aromatic heterocycles. The number of rotatable bonds is 5. The molecule has 6 nitrogen and oxygen atoms in total. The SMILES string of the molecule is CC(=O)CCC(=O)OCc1cc(=O)n2cc(C)ccc2n1. The highest BCUT2D eigenvalue weighted by molar-refractivity contribution is 5.80. The molecule has 0 spiro atoms. The smallest absolute Gasteiger partial charge is 0.306 e. The van der Waals surface area contributed by atoms with Gasteiger partial charge < -0.3 is 9.53 Å². The molecule has 0 fully saturated rings. The van der Waals surface area contributed by atoms with E-state index in [-0.39, 0.29) is 30.8 Å². The van der Waals surface area contributed by atoms with E-state index in [1.54, 1.807) is 12.3 Å². The van der Waals surface area contributed by atoms with Crippen LogP contribution in [-0.2, 0) is 20.9 Å². The summed E-state index contributed by atoms with van der Waals surface area (Å²) in [7, 11) is 0. The molecule has 0 amide bonds. The van der Waals surface area contributed by atoms with Crippen molar-refractivity contribution in [2.75, 3.05) is 0 Å². The summed E-state index contributed by atoms with van der Waals surface area (Å²) in [5.41, 5.74) is 1.62. The van der Waals surface area contributed by atoms with Crippen molar-refractivity contribution in [2.24, 2.45) is 0 Å². The molecule has 0 radical (unpaired) electrons. The number of hydrogen-bond acceptors (Lipinski definition) is 5. The summed E-state index contributed by atoms with van der Waals surface area (Å²) in [6, 6.07) is 4.92. The predicted molar refractivity (Wildman–Crippen MR) is 75.9 cm³/mol. The summed E-state index contributed by atoms with van der Waals surface area (Å²) in [5.74, 6) is -0.541. The first-order chi connectivity index (χ1) is 9.95. The third-order valence-electron chi connectivity index (χ3n) is 2.92. The fraction of sp³-hybridized carbons (Fsp3) is 0.333. The van der Waals surface area contributed by atoms with Crippen LogP contribution in [0.15, 0.2) is 29.2 Å². The summed E-state index contributed by atoms with van der Waals surface area (Å²) in [6.07, 6.45) is 1.90. The zero-order valence-electron chi connectivity index (χ0n) is 12.0. The van der Waals surface area contributed by atoms with Crippen molar-refractivity contribution in [1.82, 2.24) is 9.38 Å². The van der Waals surface area contributed by atoms with Gasteiger partial charge in [0.25, 0.3) is 5.56 Å². The number of carbonyl (C=O) groups excluding carboxylic acids is 2. The Morgan fingerprint density at radius 2 is 2.05 bits per heavy atom. The lowest BCUT2D eigenvalue weighted by Gasteiger charge is -2.06. The second kappa shape index (κ2) is 6.30. The minimum Gasteiger partial charge on any atom is -0.459 e. The number of aryl methyl sites for hydroxylation is 1. The van der Waals surface area contributed by atoms with E-state index < -0.39 is 5.97 Å². The fourth-order valence-electron chi connectivity index (χ4n) is 1.84. The molecule has 0 bridgehead atoms. The Bertz CT molecular complexity index is 749. The second-order valence-corrected chi connectivity index (χ2v) is 4.88. The Balaban J connectivity index is 2.09. The highest BCUT2D eigenvalue weighted by Crippen LogP contribution is 2.04. The van der Waals surface area contributed by atoms with E-state index in [2.05, 4.69) is 4.98 Å². The predicted octanol–water partition coefficient (Wildman–Crippen LogP) is 1.42. The van der Waals surface area contributed by atoms with Crippen LogP contribution in [0.2, 0.25) is 0 Å². The van der Waals surface area contributed by atoms with Gasteiger partial charge in [-0.15, -0.1) is 0 Å². The van der Waals surface area contributed by atoms with E-state index in [0.717, 1.165) is 5.56 Å². The van der Waals surface area contributed by atoms with Gasteiger partial charge in [0.1, 0.15) is 18.0 Å². The average molecular weight is 288 g/mol. The van der Waals surface area contributed by atoms with Crippen molar-refractivity contribution in [2.45, 2.75) is 33.3 Å². The van der Waals surface area contributed by atoms with Crippen LogP contribution in [0, 0.1) is 6.92 Å². The lowest BCUT2D eigenvalue weighted by molar-refractivity contribution is -0.146. The molecule has 0 aliphatic heterocycles. The van der Waals surface area contributed by atoms with E-state index in [4.69, 9.17) is 4.74 Å². The maximum absolute atomic E-state index is 11.9. The van der Waals surface area contributed by atoms with Crippen molar-refractivity contribution in [3.63, 3.8) is 0 Å². The number of ketones is 1. The minimum absolute atomic E-state index is 0.0427. The molecule has 0 atom stereocenters. The van der Waals surface area contributed by atoms with Crippen molar-refractivity contribution in [1.29, 1.82) is 0 Å². The first kappa shape index (κ1) is 14.9. The molecule has 2 rings (SSSR count). The summed E-state index contributed by atoms with van der Waals surface area (Å²) in [6.45, 7) is 3.23. The molecule has 2 aromatic rings. The number of esters is 1. The molecule has 21 heavy (non-hydrogen) atoms. The van der Waals surface area contributed by atoms with Crippen molar-refractivity contribution < 1.29 is 14.3 Å². The van der Waals surface area contributed by atoms with Crippen LogP contribution < -0.4 is 5.56 Å². The van der Waals surface area contributed by atoms with E-state index in [9.17, 15) is 14.4 Å². The molecule has 6 heteroatoms. The maximum atomic E-state index is 11.9. The van der Waals surface area contributed by atoms with Gasteiger partial charge in [0.05, 0.1) is 12.1 Å². The van der Waals surface area contributed by atoms with Gasteiger partial charge in [0.15, 0.2) is 0 Å². The molecular weight excluding hydrogens is 272 g/mol. The van der Waals surface area contributed by atoms with E-state index >= 15 is 0 Å². The van der Waals surface area contributed by atoms with Gasteiger partial charge >= 0.3 is 5.97 Å². The Kier molecular flexibility index (Phi) is 4.47. The Morgan fingerprint density at radius 3 is 2.76 bits per heavy atom. The molecule has 110 valence electrons. The molecule has 0 aromatic carbocycles. The number of carbonyl (C=O) groups is 2. The van der Waals surface area contributed by atoms with Gasteiger partial charge in [-0.2, -0.15) is 0 Å². The van der Waals surface area contributed by atoms with Gasteiger partial charge in [-0.3, -0.25) is 14.0 Å². The van der Waals surface area contributed by atoms with E-state index in [1.807, 2.05) is 13.0 Å². The highest BCUT2D eigenvalue weighted by Gasteiger charge is 2.08. The van der Waals surface area contributed by atoms with Crippen LogP contribution >= 0.6 is 0 Å². The number of Topliss-reactive ketones (excluding diaryl/α,β-unsaturated/α-hetero) is 1. The van der Waals surface area contributed by atoms with Crippen LogP contribution in [-0.4, -0.2) is 21.1 Å². The Hall–Kier alpha value is -2.50. The normalized spacial score (nSPS) is 10.6. The van der Waals surface area contributed by atoms with Gasteiger partial charge in [-0.05, 0) is 25.5 Å². The molecule has 0 unspecified atom stereocenters. The number of pyridine rings is 1. The highest BCUT2D eigenvalue weighted by atomic mass is 16.5. The number of fused-ring (bicyclic) bond motifs is 1. The molecule has 2 heterocycles. The Morgan fingerprint density at radius 1 is 1.29 bits per heavy atom. The van der Waals surface area contributed by atoms with Gasteiger partial charge in [-0.1, -0.05) is 6.07 Å². The van der Waals surface area contributed by atoms with Crippen LogP contribution in [0.5, 0.6) is 0 Å². The second-order valence-electron chi connectivity index (χ2n) is 4.88. The van der Waals surface area contributed by atoms with Crippen LogP contribution in [0.4, 0.5) is 0 Å². The van der Waals surface area contributed by atoms with E-state index in [1.165, 1.54) is 17.4 Å². The fourth-order valence-corrected chi connectivity index (χ4v) is 1.84. The van der Waals surface area contributed by atoms with Crippen molar-refractivity contribution >= 4 is 17.4 Å². The van der Waals surface area contributed by atoms with Crippen LogP contribution in [0.25, 0.3) is 5.65 Å². The summed E-state index contributed by atoms with van der Waals surface area (Å²) in [5, 5.41) is 0. The third kappa shape index (κ3) is 3.98. The standard InChI is InChI=1S/C15H16N2O4/c1-10-3-5-13-16-12(7-14(19)17(13)8-10)9-21-15(20)6-4-11(2)18/h3,5,7-8H,4,6,9H2,1-2H3. The molecule has 0 saturated carbocycles. The monoisotopic (exact) mass is 288 g/mol. The lowest BCUT2D eigenvalue weighted by atomic mass is 10.2. The van der Waals surface area contributed by atoms with Crippen molar-refractivity contribution in [3.8, 4) is 0 Å². The summed E-state index contributed by atoms with van der Waals surface area (Å²) >= 11 is 0. The number of nitrogens with zero attached hydrogens (tertiary/aromatic N) is 2. The summed E-state index contributed by atoms with van der Waals surface area (Å²) in [4.78, 5) is 38.4. The van der Waals surface area contributed by atoms with E-state index in [0.29, 0.717) is 11.3 Å².